The summed E-state index contributed by atoms with van der Waals surface area (Å²) in [6, 6.07) is 4.24. The Morgan fingerprint density at radius 1 is 0.795 bits per heavy atom. The van der Waals surface area contributed by atoms with Crippen LogP contribution in [0.4, 0.5) is 0 Å². The topological polar surface area (TPSA) is 442 Å². The lowest BCUT2D eigenvalue weighted by Gasteiger charge is -2.52. The molecule has 28 heteroatoms. The number of carbonyl (C=O) groups is 4. The van der Waals surface area contributed by atoms with Crippen LogP contribution in [-0.4, -0.2) is 251 Å². The number of aromatic nitrogens is 1. The molecule has 4 fully saturated rings. The molecule has 6 rings (SSSR count). The fourth-order valence-electron chi connectivity index (χ4n) is 10.2. The van der Waals surface area contributed by atoms with Gasteiger partial charge < -0.3 is 115 Å². The maximum absolute atomic E-state index is 14.4. The number of carboxylic acids is 1. The number of methoxy groups -OCH3 is 1. The minimum absolute atomic E-state index is 0.0247. The fourth-order valence-corrected chi connectivity index (χ4v) is 10.2. The van der Waals surface area contributed by atoms with Gasteiger partial charge in [-0.2, -0.15) is 0 Å². The first-order valence-electron chi connectivity index (χ1n) is 25.9. The second-order valence-electron chi connectivity index (χ2n) is 20.1. The number of phenols is 1. The minimum Gasteiger partial charge on any atom is -0.506 e. The number of rotatable bonds is 25. The number of ether oxygens (including phenoxy) is 8. The van der Waals surface area contributed by atoms with Gasteiger partial charge in [-0.15, -0.1) is 0 Å². The van der Waals surface area contributed by atoms with Crippen molar-refractivity contribution in [2.24, 2.45) is 5.92 Å². The molecule has 18 unspecified atom stereocenters. The van der Waals surface area contributed by atoms with Crippen molar-refractivity contribution in [3.8, 4) is 5.75 Å². The Morgan fingerprint density at radius 3 is 2.15 bits per heavy atom. The third-order valence-electron chi connectivity index (χ3n) is 14.6. The van der Waals surface area contributed by atoms with Crippen LogP contribution in [0.5, 0.6) is 5.75 Å². The molecule has 4 aliphatic rings. The molecule has 15 N–H and O–H groups in total. The zero-order valence-corrected chi connectivity index (χ0v) is 43.3. The Hall–Kier alpha value is -4.41. The van der Waals surface area contributed by atoms with Crippen molar-refractivity contribution < 1.29 is 123 Å². The predicted molar refractivity (Wildman–Crippen MR) is 261 cm³/mol. The van der Waals surface area contributed by atoms with E-state index in [2.05, 4.69) is 15.6 Å². The first-order chi connectivity index (χ1) is 37.1. The van der Waals surface area contributed by atoms with Gasteiger partial charge >= 0.3 is 11.9 Å². The second kappa shape index (κ2) is 28.3. The minimum atomic E-state index is -3.12. The molecular weight excluding hydrogens is 1040 g/mol. The van der Waals surface area contributed by atoms with Gasteiger partial charge in [0.1, 0.15) is 90.1 Å². The number of nitrogens with zero attached hydrogens (tertiary/aromatic N) is 1. The van der Waals surface area contributed by atoms with E-state index in [4.69, 9.17) is 37.9 Å². The van der Waals surface area contributed by atoms with E-state index in [1.807, 2.05) is 0 Å². The summed E-state index contributed by atoms with van der Waals surface area (Å²) in [5.41, 5.74) is -0.188. The maximum atomic E-state index is 14.4. The van der Waals surface area contributed by atoms with Crippen molar-refractivity contribution in [1.29, 1.82) is 0 Å². The van der Waals surface area contributed by atoms with Gasteiger partial charge in [-0.1, -0.05) is 43.9 Å². The van der Waals surface area contributed by atoms with Crippen LogP contribution in [0.15, 0.2) is 30.3 Å². The van der Waals surface area contributed by atoms with E-state index in [1.54, 1.807) is 12.1 Å². The highest BCUT2D eigenvalue weighted by molar-refractivity contribution is 5.96. The van der Waals surface area contributed by atoms with E-state index in [-0.39, 0.29) is 36.0 Å². The van der Waals surface area contributed by atoms with Gasteiger partial charge in [-0.3, -0.25) is 14.4 Å². The van der Waals surface area contributed by atoms with Gasteiger partial charge in [0.25, 0.3) is 11.7 Å². The lowest BCUT2D eigenvalue weighted by molar-refractivity contribution is -0.360. The Morgan fingerprint density at radius 2 is 1.50 bits per heavy atom. The van der Waals surface area contributed by atoms with E-state index < -0.39 is 178 Å². The molecule has 3 aliphatic heterocycles. The highest BCUT2D eigenvalue weighted by atomic mass is 16.7. The molecule has 0 radical (unpaired) electrons. The lowest BCUT2D eigenvalue weighted by Crippen LogP contribution is -2.71. The van der Waals surface area contributed by atoms with Crippen molar-refractivity contribution in [3.05, 3.63) is 36.0 Å². The van der Waals surface area contributed by atoms with E-state index in [1.165, 1.54) is 32.2 Å². The average Bonchev–Trinajstić information content (AvgIpc) is 3.52. The molecule has 0 spiro atoms. The van der Waals surface area contributed by atoms with Gasteiger partial charge in [0.2, 0.25) is 5.91 Å². The number of carboxylic acid groups (broad SMARTS) is 1. The molecule has 28 nitrogen and oxygen atoms in total. The van der Waals surface area contributed by atoms with Crippen LogP contribution in [0.2, 0.25) is 0 Å². The molecule has 1 aromatic heterocycles. The number of pyridine rings is 1. The number of amides is 2. The molecule has 1 saturated carbocycles. The SMILES string of the molecule is COC(=O)CCCCCCCCOC1OC(CO)C(OC2CC(CO)C(O)C(O[C@]3(C(=O)O)CC(O)C(NC(C)=O)C([C@H](O)[C@H](O)CO)O3)C2O)C(OC2OC(C)C(O)C(O)C2O)C1NC(=O)c1ccc2cccc(O)c2n1. The standard InChI is InChI=1S/C50H75N3O25/c1-22-36(62)40(66)41(67)48(73-22)76-44-35(53-46(68)26-15-14-24-11-10-12-27(58)33(24)52-26)47(72-16-9-7-5-4-6-8-13-32(61)71-3)75-31(21-56)42(44)74-30-17-25(19-54)37(63)45(39(30)65)78-50(49(69)70)18-28(59)34(51-23(2)57)43(77-50)38(64)29(60)20-55/h10-12,14-15,22,25,28-31,34-45,47-48,54-56,58-60,62-67H,4-9,13,16-21H2,1-3H3,(H,51,57)(H,53,68)(H,69,70)/t22?,25?,28?,29-,30?,31?,34?,35?,36?,37?,38-,39?,40?,41?,42?,43?,44?,45?,47?,48?,50+/m1/s1. The largest absolute Gasteiger partial charge is 0.506 e. The Bertz CT molecular complexity index is 2290. The number of aliphatic hydroxyl groups excluding tert-OH is 11. The zero-order valence-electron chi connectivity index (χ0n) is 43.3. The number of nitrogens with one attached hydrogen (secondary N) is 2. The Labute approximate surface area is 447 Å². The third-order valence-corrected chi connectivity index (χ3v) is 14.6. The quantitative estimate of drug-likeness (QED) is 0.0332. The van der Waals surface area contributed by atoms with Crippen LogP contribution in [0.3, 0.4) is 0 Å². The van der Waals surface area contributed by atoms with Gasteiger partial charge in [0.05, 0.1) is 50.8 Å². The summed E-state index contributed by atoms with van der Waals surface area (Å²) >= 11 is 0. The number of carbonyl (C=O) groups excluding carboxylic acids is 3. The molecule has 3 saturated heterocycles. The molecule has 21 atom stereocenters. The van der Waals surface area contributed by atoms with Gasteiger partial charge in [-0.05, 0) is 38.3 Å². The average molecular weight is 1120 g/mol. The molecule has 440 valence electrons. The number of fused-ring (bicyclic) bond motifs is 1. The van der Waals surface area contributed by atoms with Crippen LogP contribution in [0, 0.1) is 5.92 Å². The highest BCUT2D eigenvalue weighted by Crippen LogP contribution is 2.41. The third kappa shape index (κ3) is 14.7. The predicted octanol–water partition coefficient (Wildman–Crippen LogP) is -4.09. The van der Waals surface area contributed by atoms with Gasteiger partial charge in [0.15, 0.2) is 12.6 Å². The van der Waals surface area contributed by atoms with Crippen LogP contribution < -0.4 is 10.6 Å². The molecule has 78 heavy (non-hydrogen) atoms. The number of aliphatic carboxylic acids is 1. The number of para-hydroxylation sites is 1. The summed E-state index contributed by atoms with van der Waals surface area (Å²) in [5.74, 6) is -8.72. The number of aromatic hydroxyl groups is 1. The second-order valence-corrected chi connectivity index (χ2v) is 20.1. The number of benzene rings is 1. The monoisotopic (exact) mass is 1120 g/mol. The summed E-state index contributed by atoms with van der Waals surface area (Å²) in [6.07, 6.45) is -28.5. The molecule has 1 aromatic carbocycles. The Kier molecular flexibility index (Phi) is 22.8. The number of phenolic OH excluding ortho intramolecular Hbond substituents is 1. The first-order valence-corrected chi connectivity index (χ1v) is 25.9. The Balaban J connectivity index is 1.36. The number of unbranched alkanes of at least 4 members (excludes halogenated alkanes) is 5. The summed E-state index contributed by atoms with van der Waals surface area (Å²) in [4.78, 5) is 55.7. The number of hydrogen-bond donors (Lipinski definition) is 15. The normalized spacial score (nSPS) is 36.1. The van der Waals surface area contributed by atoms with Crippen molar-refractivity contribution in [3.63, 3.8) is 0 Å². The van der Waals surface area contributed by atoms with Crippen molar-refractivity contribution in [1.82, 2.24) is 15.6 Å². The van der Waals surface area contributed by atoms with Crippen molar-refractivity contribution in [2.45, 2.75) is 194 Å². The van der Waals surface area contributed by atoms with Crippen LogP contribution in [0.25, 0.3) is 10.9 Å². The number of aliphatic hydroxyl groups is 11. The van der Waals surface area contributed by atoms with Crippen molar-refractivity contribution in [2.75, 3.05) is 33.5 Å². The fraction of sp³-hybridized carbons (Fsp3) is 0.740. The van der Waals surface area contributed by atoms with Crippen LogP contribution >= 0.6 is 0 Å². The van der Waals surface area contributed by atoms with E-state index in [9.17, 15) is 85.6 Å². The molecule has 1 aliphatic carbocycles. The number of esters is 1. The van der Waals surface area contributed by atoms with E-state index >= 15 is 0 Å². The smallest absolute Gasteiger partial charge is 0.364 e. The highest BCUT2D eigenvalue weighted by Gasteiger charge is 2.60. The first kappa shape index (κ1) is 62.8. The van der Waals surface area contributed by atoms with Gasteiger partial charge in [-0.25, -0.2) is 9.78 Å². The molecule has 2 aromatic rings. The van der Waals surface area contributed by atoms with Crippen LogP contribution in [0.1, 0.15) is 82.1 Å². The van der Waals surface area contributed by atoms with E-state index in [0.717, 1.165) is 26.2 Å². The molecule has 0 bridgehead atoms. The van der Waals surface area contributed by atoms with E-state index in [0.29, 0.717) is 24.6 Å². The summed E-state index contributed by atoms with van der Waals surface area (Å²) in [6.45, 7) is -0.508. The molecule has 4 heterocycles. The lowest BCUT2D eigenvalue weighted by atomic mass is 9.80. The zero-order chi connectivity index (χ0) is 57.2. The molecule has 2 amide bonds. The maximum Gasteiger partial charge on any atom is 0.364 e. The van der Waals surface area contributed by atoms with Crippen LogP contribution in [-0.2, 0) is 52.3 Å². The summed E-state index contributed by atoms with van der Waals surface area (Å²) in [7, 11) is 1.31. The van der Waals surface area contributed by atoms with Gasteiger partial charge in [0, 0.05) is 44.3 Å². The number of hydrogen-bond acceptors (Lipinski definition) is 25. The summed E-state index contributed by atoms with van der Waals surface area (Å²) < 4.78 is 47.8. The molecular formula is C50H75N3O25. The summed E-state index contributed by atoms with van der Waals surface area (Å²) in [5, 5.41) is 148. The van der Waals surface area contributed by atoms with Crippen molar-refractivity contribution >= 4 is 34.7 Å².